The lowest BCUT2D eigenvalue weighted by Crippen LogP contribution is -1.38. The SMILES string of the molecule is c1c[nH]c[13cH]1. The molecule has 1 aromatic heterocycles. The molecule has 0 aromatic carbocycles. The molecule has 26 valence electrons. The molecule has 0 radical (unpaired) electrons. The van der Waals surface area contributed by atoms with E-state index < -0.39 is 0 Å². The third-order valence-electron chi connectivity index (χ3n) is 0.496. The van der Waals surface area contributed by atoms with Gasteiger partial charge in [0.1, 0.15) is 0 Å². The van der Waals surface area contributed by atoms with Crippen LogP contribution in [0.2, 0.25) is 0 Å². The van der Waals surface area contributed by atoms with Crippen molar-refractivity contribution in [2.75, 3.05) is 0 Å². The molecular weight excluding hydrogens is 63.0 g/mol. The summed E-state index contributed by atoms with van der Waals surface area (Å²) in [5.41, 5.74) is 0. The molecule has 0 atom stereocenters. The van der Waals surface area contributed by atoms with Crippen molar-refractivity contribution in [1.29, 1.82) is 0 Å². The third kappa shape index (κ3) is 0.293. The van der Waals surface area contributed by atoms with Gasteiger partial charge in [0.2, 0.25) is 0 Å². The summed E-state index contributed by atoms with van der Waals surface area (Å²) in [7, 11) is 0. The van der Waals surface area contributed by atoms with E-state index in [0.717, 1.165) is 0 Å². The van der Waals surface area contributed by atoms with Gasteiger partial charge in [-0.25, -0.2) is 0 Å². The summed E-state index contributed by atoms with van der Waals surface area (Å²) in [6.07, 6.45) is 3.75. The van der Waals surface area contributed by atoms with Crippen LogP contribution in [0.4, 0.5) is 0 Å². The summed E-state index contributed by atoms with van der Waals surface area (Å²) in [4.78, 5) is 2.86. The van der Waals surface area contributed by atoms with Gasteiger partial charge >= 0.3 is 0 Å². The summed E-state index contributed by atoms with van der Waals surface area (Å²) >= 11 is 0. The van der Waals surface area contributed by atoms with Crippen LogP contribution in [0.15, 0.2) is 24.5 Å². The first kappa shape index (κ1) is 2.51. The van der Waals surface area contributed by atoms with Crippen LogP contribution in [0.25, 0.3) is 0 Å². The first-order valence-corrected chi connectivity index (χ1v) is 1.58. The lowest BCUT2D eigenvalue weighted by Gasteiger charge is -1.49. The van der Waals surface area contributed by atoms with Gasteiger partial charge in [0.15, 0.2) is 0 Å². The van der Waals surface area contributed by atoms with Crippen molar-refractivity contribution in [2.45, 2.75) is 0 Å². The highest BCUT2D eigenvalue weighted by molar-refractivity contribution is 4.84. The Kier molecular flexibility index (Phi) is 0.468. The third-order valence-corrected chi connectivity index (χ3v) is 0.496. The monoisotopic (exact) mass is 68.0 g/mol. The maximum absolute atomic E-state index is 2.86. The van der Waals surface area contributed by atoms with Gasteiger partial charge in [-0.05, 0) is 12.1 Å². The normalized spacial score (nSPS) is 8.00. The molecule has 1 rings (SSSR count). The lowest BCUT2D eigenvalue weighted by atomic mass is 10.9. The second-order valence-electron chi connectivity index (χ2n) is 0.885. The smallest absolute Gasteiger partial charge is 0.000496 e. The fourth-order valence-electron chi connectivity index (χ4n) is 0.278. The molecule has 1 aromatic rings. The zero-order valence-corrected chi connectivity index (χ0v) is 2.81. The summed E-state index contributed by atoms with van der Waals surface area (Å²) in [6.45, 7) is 0. The average molecular weight is 68.1 g/mol. The fraction of sp³-hybridized carbons (Fsp3) is 0. The highest BCUT2D eigenvalue weighted by Crippen LogP contribution is 1.72. The molecule has 0 unspecified atom stereocenters. The van der Waals surface area contributed by atoms with Crippen LogP contribution in [0, 0.1) is 0 Å². The van der Waals surface area contributed by atoms with Gasteiger partial charge in [-0.2, -0.15) is 0 Å². The van der Waals surface area contributed by atoms with E-state index in [4.69, 9.17) is 0 Å². The average Bonchev–Trinajstić information content (AvgIpc) is 1.76. The lowest BCUT2D eigenvalue weighted by molar-refractivity contribution is 1.42. The van der Waals surface area contributed by atoms with Gasteiger partial charge in [0.25, 0.3) is 0 Å². The Bertz CT molecular complexity index is 60.1. The first-order valence-electron chi connectivity index (χ1n) is 1.58. The number of nitrogens with one attached hydrogen (secondary N) is 1. The van der Waals surface area contributed by atoms with E-state index in [0.29, 0.717) is 0 Å². The number of aromatic nitrogens is 1. The van der Waals surface area contributed by atoms with E-state index in [-0.39, 0.29) is 0 Å². The van der Waals surface area contributed by atoms with Crippen molar-refractivity contribution in [2.24, 2.45) is 0 Å². The molecule has 0 bridgehead atoms. The van der Waals surface area contributed by atoms with Crippen LogP contribution < -0.4 is 0 Å². The van der Waals surface area contributed by atoms with Crippen LogP contribution in [0.1, 0.15) is 0 Å². The second kappa shape index (κ2) is 0.931. The van der Waals surface area contributed by atoms with Crippen molar-refractivity contribution in [3.63, 3.8) is 0 Å². The molecule has 1 nitrogen and oxygen atoms in total. The second-order valence-corrected chi connectivity index (χ2v) is 0.885. The number of hydrogen-bond donors (Lipinski definition) is 1. The summed E-state index contributed by atoms with van der Waals surface area (Å²) < 4.78 is 0. The minimum Gasteiger partial charge on any atom is -0.368 e. The molecule has 0 saturated carbocycles. The topological polar surface area (TPSA) is 15.8 Å². The maximum atomic E-state index is 2.86. The maximum Gasteiger partial charge on any atom is 0.000496 e. The van der Waals surface area contributed by atoms with Crippen molar-refractivity contribution < 1.29 is 0 Å². The Morgan fingerprint density at radius 1 is 1.00 bits per heavy atom. The van der Waals surface area contributed by atoms with Crippen LogP contribution in [-0.2, 0) is 0 Å². The predicted octanol–water partition coefficient (Wildman–Crippen LogP) is 1.01. The molecule has 0 aliphatic heterocycles. The highest BCUT2D eigenvalue weighted by atomic mass is 14.6. The summed E-state index contributed by atoms with van der Waals surface area (Å²) in [6, 6.07) is 3.89. The molecule has 0 spiro atoms. The quantitative estimate of drug-likeness (QED) is 0.467. The summed E-state index contributed by atoms with van der Waals surface area (Å²) in [5, 5.41) is 0. The molecule has 5 heavy (non-hydrogen) atoms. The Morgan fingerprint density at radius 3 is 1.80 bits per heavy atom. The Labute approximate surface area is 30.6 Å². The largest absolute Gasteiger partial charge is 0.368 e. The Morgan fingerprint density at radius 2 is 1.60 bits per heavy atom. The Balaban J connectivity index is 3.13. The molecule has 0 fully saturated rings. The van der Waals surface area contributed by atoms with Crippen LogP contribution >= 0.6 is 0 Å². The molecule has 1 heteroatoms. The molecule has 0 aliphatic rings. The van der Waals surface area contributed by atoms with Crippen molar-refractivity contribution in [1.82, 2.24) is 4.98 Å². The van der Waals surface area contributed by atoms with Crippen LogP contribution in [0.5, 0.6) is 0 Å². The minimum absolute atomic E-state index is 1.88. The molecule has 0 saturated heterocycles. The molecular formula is C4H5N. The number of rotatable bonds is 0. The van der Waals surface area contributed by atoms with Crippen molar-refractivity contribution in [3.8, 4) is 0 Å². The summed E-state index contributed by atoms with van der Waals surface area (Å²) in [5.74, 6) is 0. The number of aromatic amines is 1. The van der Waals surface area contributed by atoms with Gasteiger partial charge in [-0.15, -0.1) is 0 Å². The van der Waals surface area contributed by atoms with Gasteiger partial charge in [0.05, 0.1) is 0 Å². The van der Waals surface area contributed by atoms with Gasteiger partial charge < -0.3 is 4.98 Å². The van der Waals surface area contributed by atoms with Gasteiger partial charge in [0, 0.05) is 12.4 Å². The minimum atomic E-state index is 1.88. The molecule has 1 heterocycles. The van der Waals surface area contributed by atoms with E-state index >= 15 is 0 Å². The number of H-pyrrole nitrogens is 1. The van der Waals surface area contributed by atoms with E-state index in [1.54, 1.807) is 0 Å². The van der Waals surface area contributed by atoms with E-state index in [1.165, 1.54) is 0 Å². The first-order chi connectivity index (χ1) is 2.50. The molecule has 0 amide bonds. The molecule has 1 N–H and O–H groups in total. The van der Waals surface area contributed by atoms with Crippen molar-refractivity contribution >= 4 is 0 Å². The van der Waals surface area contributed by atoms with Gasteiger partial charge in [-0.3, -0.25) is 0 Å². The van der Waals surface area contributed by atoms with Crippen LogP contribution in [0.3, 0.4) is 0 Å². The number of hydrogen-bond acceptors (Lipinski definition) is 0. The van der Waals surface area contributed by atoms with Crippen molar-refractivity contribution in [3.05, 3.63) is 24.5 Å². The van der Waals surface area contributed by atoms with Crippen LogP contribution in [-0.4, -0.2) is 4.98 Å². The standard InChI is InChI=1S/C4H5N/c1-2-4-5-3-1/h1-5H/i1+1. The zero-order chi connectivity index (χ0) is 3.54. The van der Waals surface area contributed by atoms with E-state index in [2.05, 4.69) is 4.98 Å². The zero-order valence-electron chi connectivity index (χ0n) is 2.81. The highest BCUT2D eigenvalue weighted by Gasteiger charge is 1.55. The Hall–Kier alpha value is -0.720. The van der Waals surface area contributed by atoms with Gasteiger partial charge in [-0.1, -0.05) is 0 Å². The predicted molar refractivity (Wildman–Crippen MR) is 20.8 cm³/mol. The fourth-order valence-corrected chi connectivity index (χ4v) is 0.278. The van der Waals surface area contributed by atoms with E-state index in [1.807, 2.05) is 24.5 Å². The van der Waals surface area contributed by atoms with E-state index in [9.17, 15) is 0 Å². The molecule has 0 aliphatic carbocycles.